The van der Waals surface area contributed by atoms with Gasteiger partial charge in [0.2, 0.25) is 10.0 Å². The number of carbonyl (C=O) groups is 1. The average molecular weight is 349 g/mol. The topological polar surface area (TPSA) is 97.3 Å². The van der Waals surface area contributed by atoms with Gasteiger partial charge in [0.05, 0.1) is 4.90 Å². The SMILES string of the molecule is CC(C)NS(=O)(=O)c1ccc(NC(=O)c2ccn(C)c(=O)c2)cc1. The van der Waals surface area contributed by atoms with Crippen LogP contribution in [0.1, 0.15) is 24.2 Å². The van der Waals surface area contributed by atoms with Gasteiger partial charge in [0, 0.05) is 36.6 Å². The van der Waals surface area contributed by atoms with Crippen LogP contribution < -0.4 is 15.6 Å². The van der Waals surface area contributed by atoms with E-state index in [0.29, 0.717) is 5.69 Å². The Morgan fingerprint density at radius 3 is 2.29 bits per heavy atom. The molecule has 0 saturated heterocycles. The zero-order valence-electron chi connectivity index (χ0n) is 13.6. The van der Waals surface area contributed by atoms with E-state index >= 15 is 0 Å². The minimum atomic E-state index is -3.57. The maximum Gasteiger partial charge on any atom is 0.255 e. The molecule has 8 heteroatoms. The normalized spacial score (nSPS) is 11.5. The van der Waals surface area contributed by atoms with Crippen molar-refractivity contribution in [2.75, 3.05) is 5.32 Å². The first-order valence-electron chi connectivity index (χ1n) is 7.29. The van der Waals surface area contributed by atoms with E-state index < -0.39 is 15.9 Å². The molecule has 0 spiro atoms. The molecule has 0 saturated carbocycles. The zero-order chi connectivity index (χ0) is 17.9. The van der Waals surface area contributed by atoms with Crippen molar-refractivity contribution >= 4 is 21.6 Å². The number of pyridine rings is 1. The molecule has 0 bridgehead atoms. The molecular formula is C16H19N3O4S. The lowest BCUT2D eigenvalue weighted by atomic mass is 10.2. The van der Waals surface area contributed by atoms with Crippen molar-refractivity contribution in [2.45, 2.75) is 24.8 Å². The number of hydrogen-bond donors (Lipinski definition) is 2. The molecule has 0 aliphatic carbocycles. The van der Waals surface area contributed by atoms with Crippen LogP contribution in [-0.4, -0.2) is 24.9 Å². The number of rotatable bonds is 5. The lowest BCUT2D eigenvalue weighted by Crippen LogP contribution is -2.30. The van der Waals surface area contributed by atoms with Gasteiger partial charge in [-0.25, -0.2) is 13.1 Å². The average Bonchev–Trinajstić information content (AvgIpc) is 2.49. The smallest absolute Gasteiger partial charge is 0.255 e. The molecule has 1 amide bonds. The Labute approximate surface area is 140 Å². The van der Waals surface area contributed by atoms with Gasteiger partial charge in [0.25, 0.3) is 11.5 Å². The Kier molecular flexibility index (Phi) is 5.20. The zero-order valence-corrected chi connectivity index (χ0v) is 14.4. The summed E-state index contributed by atoms with van der Waals surface area (Å²) in [7, 11) is -1.98. The summed E-state index contributed by atoms with van der Waals surface area (Å²) in [6.07, 6.45) is 1.50. The number of amides is 1. The molecule has 2 N–H and O–H groups in total. The maximum atomic E-state index is 12.1. The van der Waals surface area contributed by atoms with Crippen molar-refractivity contribution in [3.05, 3.63) is 58.5 Å². The highest BCUT2D eigenvalue weighted by atomic mass is 32.2. The molecule has 0 radical (unpaired) electrons. The first kappa shape index (κ1) is 17.9. The quantitative estimate of drug-likeness (QED) is 0.851. The number of nitrogens with zero attached hydrogens (tertiary/aromatic N) is 1. The van der Waals surface area contributed by atoms with Crippen LogP contribution in [-0.2, 0) is 17.1 Å². The Bertz CT molecular complexity index is 900. The van der Waals surface area contributed by atoms with Gasteiger partial charge in [-0.15, -0.1) is 0 Å². The number of aryl methyl sites for hydroxylation is 1. The summed E-state index contributed by atoms with van der Waals surface area (Å²) in [4.78, 5) is 23.8. The molecule has 24 heavy (non-hydrogen) atoms. The van der Waals surface area contributed by atoms with Crippen molar-refractivity contribution in [3.63, 3.8) is 0 Å². The first-order valence-corrected chi connectivity index (χ1v) is 8.78. The lowest BCUT2D eigenvalue weighted by molar-refractivity contribution is 0.102. The molecular weight excluding hydrogens is 330 g/mol. The molecule has 0 atom stereocenters. The molecule has 2 aromatic rings. The molecule has 0 unspecified atom stereocenters. The molecule has 128 valence electrons. The molecule has 2 rings (SSSR count). The molecule has 1 aromatic heterocycles. The van der Waals surface area contributed by atoms with Gasteiger partial charge < -0.3 is 9.88 Å². The summed E-state index contributed by atoms with van der Waals surface area (Å²) in [6, 6.07) is 8.36. The Balaban J connectivity index is 2.15. The summed E-state index contributed by atoms with van der Waals surface area (Å²) >= 11 is 0. The van der Waals surface area contributed by atoms with Crippen molar-refractivity contribution < 1.29 is 13.2 Å². The third kappa shape index (κ3) is 4.30. The fraction of sp³-hybridized carbons (Fsp3) is 0.250. The van der Waals surface area contributed by atoms with E-state index in [-0.39, 0.29) is 22.1 Å². The van der Waals surface area contributed by atoms with E-state index in [4.69, 9.17) is 0 Å². The van der Waals surface area contributed by atoms with Crippen molar-refractivity contribution in [2.24, 2.45) is 7.05 Å². The number of hydrogen-bond acceptors (Lipinski definition) is 4. The molecule has 1 aromatic carbocycles. The number of aromatic nitrogens is 1. The van der Waals surface area contributed by atoms with Crippen LogP contribution >= 0.6 is 0 Å². The van der Waals surface area contributed by atoms with Gasteiger partial charge in [-0.3, -0.25) is 9.59 Å². The van der Waals surface area contributed by atoms with Crippen LogP contribution in [0.15, 0.2) is 52.3 Å². The highest BCUT2D eigenvalue weighted by Gasteiger charge is 2.15. The summed E-state index contributed by atoms with van der Waals surface area (Å²) in [5.41, 5.74) is 0.379. The number of nitrogens with one attached hydrogen (secondary N) is 2. The third-order valence-electron chi connectivity index (χ3n) is 3.18. The van der Waals surface area contributed by atoms with Crippen molar-refractivity contribution in [1.82, 2.24) is 9.29 Å². The van der Waals surface area contributed by atoms with Crippen LogP contribution in [0.4, 0.5) is 5.69 Å². The van der Waals surface area contributed by atoms with Gasteiger partial charge in [-0.1, -0.05) is 0 Å². The predicted octanol–water partition coefficient (Wildman–Crippen LogP) is 1.32. The fourth-order valence-corrected chi connectivity index (χ4v) is 3.24. The van der Waals surface area contributed by atoms with Gasteiger partial charge in [0.15, 0.2) is 0 Å². The van der Waals surface area contributed by atoms with Gasteiger partial charge in [-0.2, -0.15) is 0 Å². The van der Waals surface area contributed by atoms with Crippen LogP contribution in [0.5, 0.6) is 0 Å². The standard InChI is InChI=1S/C16H19N3O4S/c1-11(2)18-24(22,23)14-6-4-13(5-7-14)17-16(21)12-8-9-19(3)15(20)10-12/h4-11,18H,1-3H3,(H,17,21). The Hall–Kier alpha value is -2.45. The minimum Gasteiger partial charge on any atom is -0.322 e. The van der Waals surface area contributed by atoms with Crippen molar-refractivity contribution in [3.8, 4) is 0 Å². The second kappa shape index (κ2) is 6.98. The molecule has 0 fully saturated rings. The predicted molar refractivity (Wildman–Crippen MR) is 91.5 cm³/mol. The number of anilines is 1. The van der Waals surface area contributed by atoms with E-state index in [2.05, 4.69) is 10.0 Å². The summed E-state index contributed by atoms with van der Waals surface area (Å²) < 4.78 is 27.9. The van der Waals surface area contributed by atoms with E-state index in [0.717, 1.165) is 0 Å². The van der Waals surface area contributed by atoms with E-state index in [1.54, 1.807) is 20.9 Å². The van der Waals surface area contributed by atoms with Gasteiger partial charge >= 0.3 is 0 Å². The highest BCUT2D eigenvalue weighted by molar-refractivity contribution is 7.89. The van der Waals surface area contributed by atoms with Crippen LogP contribution in [0, 0.1) is 0 Å². The number of sulfonamides is 1. The highest BCUT2D eigenvalue weighted by Crippen LogP contribution is 2.15. The van der Waals surface area contributed by atoms with Crippen LogP contribution in [0.2, 0.25) is 0 Å². The molecule has 0 aliphatic heterocycles. The molecule has 0 aliphatic rings. The van der Waals surface area contributed by atoms with E-state index in [1.165, 1.54) is 47.2 Å². The number of carbonyl (C=O) groups excluding carboxylic acids is 1. The Morgan fingerprint density at radius 2 is 1.75 bits per heavy atom. The second-order valence-electron chi connectivity index (χ2n) is 5.62. The monoisotopic (exact) mass is 349 g/mol. The van der Waals surface area contributed by atoms with Gasteiger partial charge in [-0.05, 0) is 44.2 Å². The summed E-state index contributed by atoms with van der Waals surface area (Å²) in [5, 5.41) is 2.62. The molecule has 7 nitrogen and oxygen atoms in total. The van der Waals surface area contributed by atoms with Crippen LogP contribution in [0.25, 0.3) is 0 Å². The summed E-state index contributed by atoms with van der Waals surface area (Å²) in [5.74, 6) is -0.441. The number of benzene rings is 1. The first-order chi connectivity index (χ1) is 11.2. The van der Waals surface area contributed by atoms with E-state index in [1.807, 2.05) is 0 Å². The second-order valence-corrected chi connectivity index (χ2v) is 7.33. The fourth-order valence-electron chi connectivity index (χ4n) is 1.99. The molecule has 1 heterocycles. The largest absolute Gasteiger partial charge is 0.322 e. The van der Waals surface area contributed by atoms with Crippen LogP contribution in [0.3, 0.4) is 0 Å². The lowest BCUT2D eigenvalue weighted by Gasteiger charge is -2.10. The Morgan fingerprint density at radius 1 is 1.12 bits per heavy atom. The minimum absolute atomic E-state index is 0.114. The summed E-state index contributed by atoms with van der Waals surface area (Å²) in [6.45, 7) is 3.46. The third-order valence-corrected chi connectivity index (χ3v) is 4.85. The van der Waals surface area contributed by atoms with Gasteiger partial charge in [0.1, 0.15) is 0 Å². The van der Waals surface area contributed by atoms with E-state index in [9.17, 15) is 18.0 Å². The maximum absolute atomic E-state index is 12.1. The van der Waals surface area contributed by atoms with Crippen molar-refractivity contribution in [1.29, 1.82) is 0 Å².